The van der Waals surface area contributed by atoms with E-state index in [1.54, 1.807) is 50.4 Å². The van der Waals surface area contributed by atoms with Crippen LogP contribution in [0.5, 0.6) is 0 Å². The van der Waals surface area contributed by atoms with Crippen LogP contribution in [0, 0.1) is 11.8 Å². The quantitative estimate of drug-likeness (QED) is 0.0380. The van der Waals surface area contributed by atoms with Gasteiger partial charge < -0.3 is 68.9 Å². The van der Waals surface area contributed by atoms with Crippen molar-refractivity contribution in [2.24, 2.45) is 23.3 Å². The van der Waals surface area contributed by atoms with Crippen LogP contribution in [0.25, 0.3) is 0 Å². The van der Waals surface area contributed by atoms with E-state index in [-0.39, 0.29) is 44.7 Å². The van der Waals surface area contributed by atoms with Crippen molar-refractivity contribution in [3.63, 3.8) is 0 Å². The second kappa shape index (κ2) is 31.6. The first-order valence-corrected chi connectivity index (χ1v) is 25.9. The van der Waals surface area contributed by atoms with Crippen molar-refractivity contribution >= 4 is 71.0 Å². The van der Waals surface area contributed by atoms with E-state index in [1.807, 2.05) is 13.8 Å². The van der Waals surface area contributed by atoms with Gasteiger partial charge in [-0.2, -0.15) is 11.8 Å². The van der Waals surface area contributed by atoms with Crippen molar-refractivity contribution in [2.75, 3.05) is 25.1 Å². The number of carboxylic acids is 2. The van der Waals surface area contributed by atoms with E-state index in [9.17, 15) is 63.3 Å². The summed E-state index contributed by atoms with van der Waals surface area (Å²) in [4.78, 5) is 135. The summed E-state index contributed by atoms with van der Waals surface area (Å²) in [5.41, 5.74) is 12.5. The molecule has 404 valence electrons. The number of carboxylic acid groups (broad SMARTS) is 2. The Hall–Kier alpha value is -5.85. The summed E-state index contributed by atoms with van der Waals surface area (Å²) in [7, 11) is 0. The molecule has 0 saturated carbocycles. The van der Waals surface area contributed by atoms with Crippen LogP contribution in [0.2, 0.25) is 0 Å². The number of benzene rings is 1. The van der Waals surface area contributed by atoms with E-state index < -0.39 is 132 Å². The van der Waals surface area contributed by atoms with Crippen LogP contribution in [0.4, 0.5) is 0 Å². The molecule has 1 aromatic carbocycles. The van der Waals surface area contributed by atoms with Crippen LogP contribution in [0.3, 0.4) is 0 Å². The fraction of sp³-hybridized carbons (Fsp3) is 0.667. The highest BCUT2D eigenvalue weighted by molar-refractivity contribution is 7.98. The number of rotatable bonds is 32. The summed E-state index contributed by atoms with van der Waals surface area (Å²) in [6.45, 7) is 10.2. The maximum Gasteiger partial charge on any atom is 0.326 e. The molecule has 0 aromatic heterocycles. The topological polar surface area (TPSA) is 371 Å². The van der Waals surface area contributed by atoms with E-state index in [1.165, 1.54) is 30.5 Å². The Morgan fingerprint density at radius 2 is 1.31 bits per heavy atom. The summed E-state index contributed by atoms with van der Waals surface area (Å²) >= 11 is 1.39. The Labute approximate surface area is 425 Å². The molecule has 0 radical (unpaired) electrons. The number of hydrogen-bond donors (Lipinski definition) is 12. The lowest BCUT2D eigenvalue weighted by molar-refractivity contribution is -0.143. The van der Waals surface area contributed by atoms with Gasteiger partial charge in [-0.25, -0.2) is 4.79 Å². The van der Waals surface area contributed by atoms with Crippen LogP contribution in [0.1, 0.15) is 105 Å². The smallest absolute Gasteiger partial charge is 0.326 e. The first-order chi connectivity index (χ1) is 33.9. The largest absolute Gasteiger partial charge is 0.481 e. The predicted molar refractivity (Wildman–Crippen MR) is 268 cm³/mol. The summed E-state index contributed by atoms with van der Waals surface area (Å²) in [5, 5.41) is 47.5. The number of nitrogens with two attached hydrogens (primary N) is 2. The standard InChI is InChI=1S/C48H78N10O13S/c1-8-27(4)38(45(67)53-33(48(70)71)19-22-72-7)56-46(68)39(29(6)59)57-40(62)28(5)51-41(63)32(17-12-13-20-49)52-43(65)35(25-37(60)61)54-42(64)34(24-30-15-10-9-11-16-30)55-44(66)36-18-14-21-58(36)47(69)31(50)23-26(2)3/h9-11,15-16,26-29,31-36,38-39,59H,8,12-14,17-25,49-50H2,1-7H3,(H,51,63)(H,52,65)(H,53,67)(H,54,64)(H,55,66)(H,56,68)(H,57,62)(H,60,61)(H,70,71)/t27-,28-,29+,31-,32-,33-,34-,35-,36-,38-,39-/m0/s1. The highest BCUT2D eigenvalue weighted by Gasteiger charge is 2.39. The van der Waals surface area contributed by atoms with Gasteiger partial charge in [0, 0.05) is 13.0 Å². The van der Waals surface area contributed by atoms with Crippen LogP contribution in [-0.2, 0) is 54.4 Å². The number of aliphatic carboxylic acids is 2. The number of carbonyl (C=O) groups is 10. The second-order valence-corrected chi connectivity index (χ2v) is 19.7. The Kier molecular flexibility index (Phi) is 27.3. The number of unbranched alkanes of at least 4 members (excludes halogenated alkanes) is 1. The monoisotopic (exact) mass is 1030 g/mol. The number of amides is 8. The molecule has 0 spiro atoms. The number of hydrogen-bond acceptors (Lipinski definition) is 14. The van der Waals surface area contributed by atoms with Gasteiger partial charge >= 0.3 is 11.9 Å². The minimum atomic E-state index is -1.79. The number of nitrogens with one attached hydrogen (secondary N) is 7. The lowest BCUT2D eigenvalue weighted by atomic mass is 9.97. The number of aliphatic hydroxyl groups excluding tert-OH is 1. The molecule has 1 aliphatic heterocycles. The Morgan fingerprint density at radius 1 is 0.722 bits per heavy atom. The zero-order valence-corrected chi connectivity index (χ0v) is 43.3. The molecule has 1 heterocycles. The Balaban J connectivity index is 2.31. The van der Waals surface area contributed by atoms with E-state index in [0.29, 0.717) is 43.4 Å². The van der Waals surface area contributed by atoms with Gasteiger partial charge in [0.05, 0.1) is 18.6 Å². The fourth-order valence-electron chi connectivity index (χ4n) is 7.90. The molecule has 0 bridgehead atoms. The molecular formula is C48H78N10O13S. The van der Waals surface area contributed by atoms with Gasteiger partial charge in [-0.1, -0.05) is 64.4 Å². The SMILES string of the molecule is CC[C@H](C)[C@H](NC(=O)[C@@H](NC(=O)[C@H](C)NC(=O)[C@H](CCCCN)NC(=O)[C@H](CC(=O)O)NC(=O)[C@H](Cc1ccccc1)NC(=O)[C@@H]1CCCN1C(=O)[C@@H](N)CC(C)C)[C@@H](C)O)C(=O)N[C@@H](CCSC)C(=O)O. The first kappa shape index (κ1) is 62.3. The van der Waals surface area contributed by atoms with E-state index in [4.69, 9.17) is 11.5 Å². The van der Waals surface area contributed by atoms with Gasteiger partial charge in [0.2, 0.25) is 47.3 Å². The average Bonchev–Trinajstić information content (AvgIpc) is 3.82. The first-order valence-electron chi connectivity index (χ1n) is 24.5. The van der Waals surface area contributed by atoms with Gasteiger partial charge in [-0.05, 0) is 94.7 Å². The molecule has 1 fully saturated rings. The molecule has 23 nitrogen and oxygen atoms in total. The zero-order valence-electron chi connectivity index (χ0n) is 42.4. The minimum Gasteiger partial charge on any atom is -0.481 e. The third-order valence-electron chi connectivity index (χ3n) is 12.2. The van der Waals surface area contributed by atoms with Crippen molar-refractivity contribution in [2.45, 2.75) is 166 Å². The summed E-state index contributed by atoms with van der Waals surface area (Å²) in [5.74, 6) is -9.41. The average molecular weight is 1040 g/mol. The van der Waals surface area contributed by atoms with Crippen molar-refractivity contribution in [3.8, 4) is 0 Å². The van der Waals surface area contributed by atoms with Crippen LogP contribution in [-0.4, -0.2) is 165 Å². The van der Waals surface area contributed by atoms with E-state index in [0.717, 1.165) is 0 Å². The molecule has 8 amide bonds. The van der Waals surface area contributed by atoms with Crippen molar-refractivity contribution in [1.82, 2.24) is 42.1 Å². The number of aliphatic hydroxyl groups is 1. The van der Waals surface area contributed by atoms with Crippen LogP contribution < -0.4 is 48.7 Å². The van der Waals surface area contributed by atoms with Gasteiger partial charge in [0.15, 0.2) is 0 Å². The lowest BCUT2D eigenvalue weighted by Gasteiger charge is -2.29. The molecule has 11 atom stereocenters. The summed E-state index contributed by atoms with van der Waals surface area (Å²) < 4.78 is 0. The third kappa shape index (κ3) is 20.7. The normalized spacial score (nSPS) is 17.5. The number of likely N-dealkylation sites (tertiary alicyclic amines) is 1. The fourth-order valence-corrected chi connectivity index (χ4v) is 8.38. The van der Waals surface area contributed by atoms with Gasteiger partial charge in [-0.3, -0.25) is 43.2 Å². The van der Waals surface area contributed by atoms with Crippen molar-refractivity contribution < 1.29 is 63.3 Å². The van der Waals surface area contributed by atoms with E-state index in [2.05, 4.69) is 37.2 Å². The number of carbonyl (C=O) groups excluding carboxylic acids is 8. The summed E-state index contributed by atoms with van der Waals surface area (Å²) in [6, 6.07) is -3.35. The number of thioether (sulfide) groups is 1. The molecule has 72 heavy (non-hydrogen) atoms. The zero-order chi connectivity index (χ0) is 54.2. The second-order valence-electron chi connectivity index (χ2n) is 18.7. The van der Waals surface area contributed by atoms with Crippen LogP contribution in [0.15, 0.2) is 30.3 Å². The highest BCUT2D eigenvalue weighted by atomic mass is 32.2. The van der Waals surface area contributed by atoms with Crippen molar-refractivity contribution in [3.05, 3.63) is 35.9 Å². The van der Waals surface area contributed by atoms with Gasteiger partial charge in [-0.15, -0.1) is 0 Å². The third-order valence-corrected chi connectivity index (χ3v) is 12.9. The van der Waals surface area contributed by atoms with Crippen molar-refractivity contribution in [1.29, 1.82) is 0 Å². The molecule has 0 unspecified atom stereocenters. The van der Waals surface area contributed by atoms with Gasteiger partial charge in [0.25, 0.3) is 0 Å². The number of nitrogens with zero attached hydrogens (tertiary/aromatic N) is 1. The molecule has 1 saturated heterocycles. The molecular weight excluding hydrogens is 957 g/mol. The highest BCUT2D eigenvalue weighted by Crippen LogP contribution is 2.21. The molecule has 14 N–H and O–H groups in total. The van der Waals surface area contributed by atoms with Crippen LogP contribution >= 0.6 is 11.8 Å². The molecule has 2 rings (SSSR count). The maximum atomic E-state index is 14.1. The molecule has 24 heteroatoms. The lowest BCUT2D eigenvalue weighted by Crippen LogP contribution is -2.62. The molecule has 1 aromatic rings. The van der Waals surface area contributed by atoms with Gasteiger partial charge in [0.1, 0.15) is 48.3 Å². The minimum absolute atomic E-state index is 0.0568. The predicted octanol–water partition coefficient (Wildman–Crippen LogP) is -1.12. The summed E-state index contributed by atoms with van der Waals surface area (Å²) in [6.07, 6.45) is 1.54. The molecule has 1 aliphatic rings. The Bertz CT molecular complexity index is 2000. The molecule has 0 aliphatic carbocycles. The van der Waals surface area contributed by atoms with E-state index >= 15 is 0 Å². The maximum absolute atomic E-state index is 14.1. The Morgan fingerprint density at radius 3 is 1.88 bits per heavy atom.